The molecule has 0 bridgehead atoms. The Bertz CT molecular complexity index is 589. The van der Waals surface area contributed by atoms with Crippen LogP contribution in [-0.2, 0) is 17.8 Å². The molecule has 0 radical (unpaired) electrons. The fourth-order valence-corrected chi connectivity index (χ4v) is 3.64. The summed E-state index contributed by atoms with van der Waals surface area (Å²) in [6.07, 6.45) is 4.69. The van der Waals surface area contributed by atoms with E-state index in [1.54, 1.807) is 0 Å². The SMILES string of the molecule is CCC(=O)N1CCCCC1c1nc2c(c(NC)n1)CCN(C)C2. The molecule has 1 amide bonds. The van der Waals surface area contributed by atoms with Crippen LogP contribution in [0, 0.1) is 0 Å². The number of likely N-dealkylation sites (tertiary alicyclic amines) is 1. The molecule has 2 aliphatic heterocycles. The maximum Gasteiger partial charge on any atom is 0.222 e. The van der Waals surface area contributed by atoms with Gasteiger partial charge in [-0.15, -0.1) is 0 Å². The summed E-state index contributed by atoms with van der Waals surface area (Å²) >= 11 is 0. The maximum absolute atomic E-state index is 12.3. The summed E-state index contributed by atoms with van der Waals surface area (Å²) in [6.45, 7) is 4.64. The lowest BCUT2D eigenvalue weighted by atomic mass is 9.99. The van der Waals surface area contributed by atoms with Crippen molar-refractivity contribution in [2.24, 2.45) is 0 Å². The summed E-state index contributed by atoms with van der Waals surface area (Å²) < 4.78 is 0. The minimum Gasteiger partial charge on any atom is -0.373 e. The molecular formula is C17H27N5O. The first-order chi connectivity index (χ1) is 11.1. The number of nitrogens with zero attached hydrogens (tertiary/aromatic N) is 4. The van der Waals surface area contributed by atoms with E-state index >= 15 is 0 Å². The van der Waals surface area contributed by atoms with Gasteiger partial charge in [-0.2, -0.15) is 0 Å². The van der Waals surface area contributed by atoms with E-state index < -0.39 is 0 Å². The summed E-state index contributed by atoms with van der Waals surface area (Å²) in [6, 6.07) is 0.0285. The lowest BCUT2D eigenvalue weighted by Crippen LogP contribution is -2.39. The number of carbonyl (C=O) groups is 1. The van der Waals surface area contributed by atoms with Crippen LogP contribution in [0.5, 0.6) is 0 Å². The van der Waals surface area contributed by atoms with Gasteiger partial charge in [0.1, 0.15) is 5.82 Å². The maximum atomic E-state index is 12.3. The van der Waals surface area contributed by atoms with Crippen molar-refractivity contribution in [3.05, 3.63) is 17.1 Å². The molecule has 1 fully saturated rings. The molecule has 1 N–H and O–H groups in total. The second-order valence-electron chi connectivity index (χ2n) is 6.55. The Hall–Kier alpha value is -1.69. The van der Waals surface area contributed by atoms with Crippen LogP contribution in [0.4, 0.5) is 5.82 Å². The van der Waals surface area contributed by atoms with Gasteiger partial charge in [-0.3, -0.25) is 4.79 Å². The van der Waals surface area contributed by atoms with Crippen LogP contribution >= 0.6 is 0 Å². The van der Waals surface area contributed by atoms with E-state index in [9.17, 15) is 4.79 Å². The van der Waals surface area contributed by atoms with E-state index in [-0.39, 0.29) is 11.9 Å². The van der Waals surface area contributed by atoms with Gasteiger partial charge in [0.25, 0.3) is 0 Å². The van der Waals surface area contributed by atoms with Crippen molar-refractivity contribution >= 4 is 11.7 Å². The molecule has 23 heavy (non-hydrogen) atoms. The Balaban J connectivity index is 1.98. The van der Waals surface area contributed by atoms with Crippen LogP contribution in [0.15, 0.2) is 0 Å². The number of carbonyl (C=O) groups excluding carboxylic acids is 1. The predicted molar refractivity (Wildman–Crippen MR) is 90.2 cm³/mol. The molecule has 0 aliphatic carbocycles. The van der Waals surface area contributed by atoms with E-state index in [0.717, 1.165) is 62.7 Å². The fraction of sp³-hybridized carbons (Fsp3) is 0.706. The normalized spacial score (nSPS) is 21.9. The van der Waals surface area contributed by atoms with Gasteiger partial charge in [-0.05, 0) is 32.7 Å². The summed E-state index contributed by atoms with van der Waals surface area (Å²) in [5.41, 5.74) is 2.35. The number of amides is 1. The molecule has 6 heteroatoms. The van der Waals surface area contributed by atoms with E-state index in [0.29, 0.717) is 6.42 Å². The van der Waals surface area contributed by atoms with Crippen molar-refractivity contribution in [3.8, 4) is 0 Å². The molecular weight excluding hydrogens is 290 g/mol. The number of hydrogen-bond donors (Lipinski definition) is 1. The highest BCUT2D eigenvalue weighted by Gasteiger charge is 2.31. The summed E-state index contributed by atoms with van der Waals surface area (Å²) in [7, 11) is 4.04. The second-order valence-corrected chi connectivity index (χ2v) is 6.55. The standard InChI is InChI=1S/C17H27N5O/c1-4-15(23)22-9-6-5-7-14(22)17-19-13-11-21(3)10-8-12(13)16(18-2)20-17/h14H,4-11H2,1-3H3,(H,18,19,20). The minimum atomic E-state index is 0.0285. The van der Waals surface area contributed by atoms with E-state index in [1.165, 1.54) is 5.56 Å². The Morgan fingerprint density at radius 3 is 2.87 bits per heavy atom. The quantitative estimate of drug-likeness (QED) is 0.923. The third-order valence-electron chi connectivity index (χ3n) is 4.93. The van der Waals surface area contributed by atoms with Crippen LogP contribution in [-0.4, -0.2) is 52.9 Å². The number of rotatable bonds is 3. The summed E-state index contributed by atoms with van der Waals surface area (Å²) in [4.78, 5) is 26.2. The number of piperidine rings is 1. The zero-order chi connectivity index (χ0) is 16.4. The van der Waals surface area contributed by atoms with Crippen LogP contribution < -0.4 is 5.32 Å². The van der Waals surface area contributed by atoms with Gasteiger partial charge in [-0.25, -0.2) is 9.97 Å². The first-order valence-electron chi connectivity index (χ1n) is 8.69. The molecule has 126 valence electrons. The minimum absolute atomic E-state index is 0.0285. The van der Waals surface area contributed by atoms with Gasteiger partial charge in [0.15, 0.2) is 5.82 Å². The monoisotopic (exact) mass is 317 g/mol. The Morgan fingerprint density at radius 1 is 1.30 bits per heavy atom. The van der Waals surface area contributed by atoms with Gasteiger partial charge in [0.2, 0.25) is 5.91 Å². The van der Waals surface area contributed by atoms with Crippen molar-refractivity contribution in [2.75, 3.05) is 32.5 Å². The number of nitrogens with one attached hydrogen (secondary N) is 1. The molecule has 1 saturated heterocycles. The van der Waals surface area contributed by atoms with Crippen LogP contribution in [0.25, 0.3) is 0 Å². The Kier molecular flexibility index (Phi) is 4.80. The molecule has 3 rings (SSSR count). The van der Waals surface area contributed by atoms with Gasteiger partial charge >= 0.3 is 0 Å². The Morgan fingerprint density at radius 2 is 2.13 bits per heavy atom. The molecule has 2 aliphatic rings. The molecule has 1 unspecified atom stereocenters. The topological polar surface area (TPSA) is 61.4 Å². The van der Waals surface area contributed by atoms with Crippen molar-refractivity contribution in [1.82, 2.24) is 19.8 Å². The lowest BCUT2D eigenvalue weighted by Gasteiger charge is -2.35. The van der Waals surface area contributed by atoms with Crippen molar-refractivity contribution in [3.63, 3.8) is 0 Å². The molecule has 3 heterocycles. The average Bonchev–Trinajstić information content (AvgIpc) is 2.59. The number of fused-ring (bicyclic) bond motifs is 1. The molecule has 1 atom stereocenters. The molecule has 0 saturated carbocycles. The first kappa shape index (κ1) is 16.2. The smallest absolute Gasteiger partial charge is 0.222 e. The highest BCUT2D eigenvalue weighted by Crippen LogP contribution is 2.32. The highest BCUT2D eigenvalue weighted by atomic mass is 16.2. The van der Waals surface area contributed by atoms with Crippen LogP contribution in [0.2, 0.25) is 0 Å². The van der Waals surface area contributed by atoms with Crippen molar-refractivity contribution in [2.45, 2.75) is 51.6 Å². The van der Waals surface area contributed by atoms with E-state index in [1.807, 2.05) is 18.9 Å². The van der Waals surface area contributed by atoms with Crippen molar-refractivity contribution in [1.29, 1.82) is 0 Å². The van der Waals surface area contributed by atoms with E-state index in [2.05, 4.69) is 17.3 Å². The number of likely N-dealkylation sites (N-methyl/N-ethyl adjacent to an activating group) is 1. The van der Waals surface area contributed by atoms with Gasteiger partial charge in [-0.1, -0.05) is 6.92 Å². The van der Waals surface area contributed by atoms with Crippen molar-refractivity contribution < 1.29 is 4.79 Å². The predicted octanol–water partition coefficient (Wildman–Crippen LogP) is 1.97. The summed E-state index contributed by atoms with van der Waals surface area (Å²) in [5.74, 6) is 1.96. The number of aromatic nitrogens is 2. The zero-order valence-corrected chi connectivity index (χ0v) is 14.4. The first-order valence-corrected chi connectivity index (χ1v) is 8.69. The third-order valence-corrected chi connectivity index (χ3v) is 4.93. The molecule has 1 aromatic heterocycles. The summed E-state index contributed by atoms with van der Waals surface area (Å²) in [5, 5.41) is 3.23. The average molecular weight is 317 g/mol. The zero-order valence-electron chi connectivity index (χ0n) is 14.4. The number of anilines is 1. The number of hydrogen-bond acceptors (Lipinski definition) is 5. The largest absolute Gasteiger partial charge is 0.373 e. The fourth-order valence-electron chi connectivity index (χ4n) is 3.64. The highest BCUT2D eigenvalue weighted by molar-refractivity contribution is 5.76. The lowest BCUT2D eigenvalue weighted by molar-refractivity contribution is -0.134. The molecule has 0 spiro atoms. The molecule has 0 aromatic carbocycles. The molecule has 1 aromatic rings. The van der Waals surface area contributed by atoms with Gasteiger partial charge in [0.05, 0.1) is 11.7 Å². The molecule has 6 nitrogen and oxygen atoms in total. The third kappa shape index (κ3) is 3.17. The second kappa shape index (κ2) is 6.83. The van der Waals surface area contributed by atoms with E-state index in [4.69, 9.17) is 9.97 Å². The Labute approximate surface area is 138 Å². The van der Waals surface area contributed by atoms with Crippen LogP contribution in [0.1, 0.15) is 55.7 Å². The van der Waals surface area contributed by atoms with Gasteiger partial charge < -0.3 is 15.1 Å². The van der Waals surface area contributed by atoms with Gasteiger partial charge in [0, 0.05) is 38.7 Å². The van der Waals surface area contributed by atoms with Crippen LogP contribution in [0.3, 0.4) is 0 Å².